The van der Waals surface area contributed by atoms with Gasteiger partial charge in [0.1, 0.15) is 11.6 Å². The van der Waals surface area contributed by atoms with Gasteiger partial charge in [-0.05, 0) is 17.7 Å². The Morgan fingerprint density at radius 1 is 1.46 bits per heavy atom. The fraction of sp³-hybridized carbons (Fsp3) is 0.125. The molecule has 0 aliphatic carbocycles. The maximum atomic E-state index is 12.9. The van der Waals surface area contributed by atoms with Crippen LogP contribution < -0.4 is 0 Å². The van der Waals surface area contributed by atoms with Gasteiger partial charge >= 0.3 is 0 Å². The highest BCUT2D eigenvalue weighted by Gasteiger charge is 2.18. The van der Waals surface area contributed by atoms with Gasteiger partial charge in [-0.25, -0.2) is 8.78 Å². The number of carbonyl (C=O) groups excluding carboxylic acids is 1. The molecule has 0 saturated carbocycles. The van der Waals surface area contributed by atoms with Crippen molar-refractivity contribution in [1.29, 1.82) is 0 Å². The molecule has 0 fully saturated rings. The minimum Gasteiger partial charge on any atom is -0.379 e. The smallest absolute Gasteiger partial charge is 0.254 e. The number of hydrogen-bond acceptors (Lipinski definition) is 2. The number of aliphatic hydroxyl groups is 1. The quantitative estimate of drug-likeness (QED) is 0.749. The van der Waals surface area contributed by atoms with Gasteiger partial charge in [-0.15, -0.1) is 0 Å². The molecule has 0 amide bonds. The summed E-state index contributed by atoms with van der Waals surface area (Å²) in [6.07, 6.45) is -1.75. The van der Waals surface area contributed by atoms with Crippen molar-refractivity contribution in [1.82, 2.24) is 0 Å². The van der Waals surface area contributed by atoms with Crippen LogP contribution in [0.1, 0.15) is 11.7 Å². The Bertz CT molecular complexity index is 341. The first-order chi connectivity index (χ1) is 6.02. The van der Waals surface area contributed by atoms with Gasteiger partial charge in [-0.1, -0.05) is 6.07 Å². The Balaban J connectivity index is 3.08. The molecule has 1 atom stereocenters. The Kier molecular flexibility index (Phi) is 2.95. The first kappa shape index (κ1) is 10.1. The van der Waals surface area contributed by atoms with Crippen molar-refractivity contribution < 1.29 is 18.7 Å². The van der Waals surface area contributed by atoms with Gasteiger partial charge in [0.15, 0.2) is 6.10 Å². The Morgan fingerprint density at radius 2 is 2.08 bits per heavy atom. The highest BCUT2D eigenvalue weighted by molar-refractivity contribution is 6.64. The molecule has 5 heteroatoms. The summed E-state index contributed by atoms with van der Waals surface area (Å²) < 4.78 is 25.2. The number of hydrogen-bond donors (Lipinski definition) is 1. The molecule has 0 radical (unpaired) electrons. The Labute approximate surface area is 77.8 Å². The first-order valence-electron chi connectivity index (χ1n) is 3.34. The summed E-state index contributed by atoms with van der Waals surface area (Å²) in [5, 5.41) is 7.92. The highest BCUT2D eigenvalue weighted by atomic mass is 35.5. The van der Waals surface area contributed by atoms with E-state index in [1.807, 2.05) is 0 Å². The number of carbonyl (C=O) groups is 1. The number of benzene rings is 1. The van der Waals surface area contributed by atoms with Crippen LogP contribution in [0, 0.1) is 11.6 Å². The summed E-state index contributed by atoms with van der Waals surface area (Å²) in [5.41, 5.74) is -0.332. The number of halogens is 3. The molecule has 1 N–H and O–H groups in total. The summed E-state index contributed by atoms with van der Waals surface area (Å²) in [5.74, 6) is -1.78. The lowest BCUT2D eigenvalue weighted by Gasteiger charge is -2.06. The maximum Gasteiger partial charge on any atom is 0.254 e. The third-order valence-corrected chi connectivity index (χ3v) is 1.68. The third-order valence-electron chi connectivity index (χ3n) is 1.47. The minimum atomic E-state index is -1.75. The zero-order valence-electron chi connectivity index (χ0n) is 6.30. The number of aliphatic hydroxyl groups excluding tert-OH is 1. The van der Waals surface area contributed by atoms with Gasteiger partial charge < -0.3 is 5.11 Å². The second-order valence-electron chi connectivity index (χ2n) is 2.37. The Hall–Kier alpha value is -1.00. The van der Waals surface area contributed by atoms with E-state index in [9.17, 15) is 13.6 Å². The zero-order chi connectivity index (χ0) is 10.0. The molecule has 0 aromatic heterocycles. The summed E-state index contributed by atoms with van der Waals surface area (Å²) in [6, 6.07) is 2.47. The molecule has 0 saturated heterocycles. The molecule has 0 heterocycles. The molecule has 0 aliphatic rings. The minimum absolute atomic E-state index is 0.332. The molecule has 0 unspecified atom stereocenters. The molecule has 1 aromatic carbocycles. The molecule has 0 aliphatic heterocycles. The van der Waals surface area contributed by atoms with Crippen LogP contribution in [0.5, 0.6) is 0 Å². The normalized spacial score (nSPS) is 12.6. The lowest BCUT2D eigenvalue weighted by atomic mass is 10.1. The van der Waals surface area contributed by atoms with Crippen molar-refractivity contribution in [2.45, 2.75) is 6.10 Å². The van der Waals surface area contributed by atoms with Crippen molar-refractivity contribution in [2.75, 3.05) is 0 Å². The summed E-state index contributed by atoms with van der Waals surface area (Å²) in [6.45, 7) is 0. The van der Waals surface area contributed by atoms with Crippen LogP contribution in [0.3, 0.4) is 0 Å². The van der Waals surface area contributed by atoms with Crippen LogP contribution in [0.4, 0.5) is 8.78 Å². The third kappa shape index (κ3) is 2.23. The van der Waals surface area contributed by atoms with E-state index in [0.717, 1.165) is 12.1 Å². The second kappa shape index (κ2) is 3.81. The molecule has 0 spiro atoms. The molecule has 1 aromatic rings. The van der Waals surface area contributed by atoms with Gasteiger partial charge in [0.05, 0.1) is 0 Å². The maximum absolute atomic E-state index is 12.9. The molecule has 13 heavy (non-hydrogen) atoms. The summed E-state index contributed by atoms with van der Waals surface area (Å²) in [4.78, 5) is 10.4. The fourth-order valence-electron chi connectivity index (χ4n) is 0.846. The van der Waals surface area contributed by atoms with E-state index in [0.29, 0.717) is 6.07 Å². The van der Waals surface area contributed by atoms with Crippen LogP contribution in [0.15, 0.2) is 18.2 Å². The largest absolute Gasteiger partial charge is 0.379 e. The topological polar surface area (TPSA) is 37.3 Å². The molecular formula is C8H5ClF2O2. The van der Waals surface area contributed by atoms with Gasteiger partial charge in [-0.2, -0.15) is 0 Å². The fourth-order valence-corrected chi connectivity index (χ4v) is 0.963. The van der Waals surface area contributed by atoms with E-state index in [2.05, 4.69) is 0 Å². The summed E-state index contributed by atoms with van der Waals surface area (Å²) in [7, 11) is 0. The monoisotopic (exact) mass is 206 g/mol. The predicted molar refractivity (Wildman–Crippen MR) is 42.2 cm³/mol. The van der Waals surface area contributed by atoms with E-state index >= 15 is 0 Å². The Morgan fingerprint density at radius 3 is 2.54 bits per heavy atom. The highest BCUT2D eigenvalue weighted by Crippen LogP contribution is 2.19. The average Bonchev–Trinajstić information content (AvgIpc) is 2.03. The zero-order valence-corrected chi connectivity index (χ0v) is 7.05. The van der Waals surface area contributed by atoms with Crippen molar-refractivity contribution >= 4 is 16.8 Å². The SMILES string of the molecule is O=C(Cl)[C@@H](O)c1ccc(F)cc1F. The van der Waals surface area contributed by atoms with E-state index in [-0.39, 0.29) is 5.56 Å². The van der Waals surface area contributed by atoms with Gasteiger partial charge in [0, 0.05) is 11.6 Å². The van der Waals surface area contributed by atoms with Crippen molar-refractivity contribution in [2.24, 2.45) is 0 Å². The summed E-state index contributed by atoms with van der Waals surface area (Å²) >= 11 is 4.93. The van der Waals surface area contributed by atoms with E-state index < -0.39 is 23.0 Å². The van der Waals surface area contributed by atoms with E-state index in [4.69, 9.17) is 16.7 Å². The molecule has 2 nitrogen and oxygen atoms in total. The lowest BCUT2D eigenvalue weighted by molar-refractivity contribution is -0.119. The van der Waals surface area contributed by atoms with Gasteiger partial charge in [0.25, 0.3) is 5.24 Å². The molecule has 70 valence electrons. The van der Waals surface area contributed by atoms with Crippen LogP contribution in [-0.4, -0.2) is 10.3 Å². The van der Waals surface area contributed by atoms with Crippen LogP contribution in [0.2, 0.25) is 0 Å². The van der Waals surface area contributed by atoms with Gasteiger partial charge in [0.2, 0.25) is 0 Å². The second-order valence-corrected chi connectivity index (χ2v) is 2.75. The van der Waals surface area contributed by atoms with Gasteiger partial charge in [-0.3, -0.25) is 4.79 Å². The van der Waals surface area contributed by atoms with E-state index in [1.165, 1.54) is 0 Å². The van der Waals surface area contributed by atoms with Crippen LogP contribution in [-0.2, 0) is 4.79 Å². The first-order valence-corrected chi connectivity index (χ1v) is 3.72. The van der Waals surface area contributed by atoms with Crippen molar-refractivity contribution in [3.63, 3.8) is 0 Å². The van der Waals surface area contributed by atoms with Crippen LogP contribution in [0.25, 0.3) is 0 Å². The molecule has 0 bridgehead atoms. The average molecular weight is 207 g/mol. The van der Waals surface area contributed by atoms with Crippen molar-refractivity contribution in [3.8, 4) is 0 Å². The van der Waals surface area contributed by atoms with Crippen molar-refractivity contribution in [3.05, 3.63) is 35.4 Å². The number of rotatable bonds is 2. The predicted octanol–water partition coefficient (Wildman–Crippen LogP) is 1.76. The van der Waals surface area contributed by atoms with E-state index in [1.54, 1.807) is 0 Å². The lowest BCUT2D eigenvalue weighted by Crippen LogP contribution is -2.07. The molecular weight excluding hydrogens is 202 g/mol. The molecule has 1 rings (SSSR count). The standard InChI is InChI=1S/C8H5ClF2O2/c9-8(13)7(12)5-2-1-4(10)3-6(5)11/h1-3,7,12H/t7-/m0/s1. The van der Waals surface area contributed by atoms with Crippen LogP contribution >= 0.6 is 11.6 Å².